The maximum Gasteiger partial charge on any atom is 0.416 e. The van der Waals surface area contributed by atoms with Crippen LogP contribution in [0.1, 0.15) is 16.7 Å². The summed E-state index contributed by atoms with van der Waals surface area (Å²) < 4.78 is 43.0. The second kappa shape index (κ2) is 7.03. The molecule has 0 spiro atoms. The molecule has 2 N–H and O–H groups in total. The lowest BCUT2D eigenvalue weighted by Gasteiger charge is -2.13. The Labute approximate surface area is 133 Å². The van der Waals surface area contributed by atoms with Crippen molar-refractivity contribution in [2.24, 2.45) is 5.73 Å². The molecule has 0 aliphatic heterocycles. The van der Waals surface area contributed by atoms with Gasteiger partial charge in [-0.25, -0.2) is 0 Å². The first-order valence-corrected chi connectivity index (χ1v) is 6.42. The molecule has 0 atom stereocenters. The van der Waals surface area contributed by atoms with E-state index < -0.39 is 11.7 Å². The minimum atomic E-state index is -4.32. The third-order valence-electron chi connectivity index (χ3n) is 3.32. The van der Waals surface area contributed by atoms with Gasteiger partial charge in [0.05, 0.1) is 12.7 Å². The predicted octanol–water partition coefficient (Wildman–Crippen LogP) is 4.57. The fraction of sp³-hybridized carbons (Fsp3) is 0.250. The molecule has 0 aliphatic rings. The Hall–Kier alpha value is -1.72. The number of aryl methyl sites for hydroxylation is 1. The molecule has 0 fully saturated rings. The Bertz CT molecular complexity index is 639. The smallest absolute Gasteiger partial charge is 0.416 e. The summed E-state index contributed by atoms with van der Waals surface area (Å²) in [4.78, 5) is 0. The van der Waals surface area contributed by atoms with E-state index in [0.29, 0.717) is 17.9 Å². The Morgan fingerprint density at radius 3 is 2.09 bits per heavy atom. The zero-order valence-electron chi connectivity index (χ0n) is 12.2. The van der Waals surface area contributed by atoms with Crippen LogP contribution in [-0.4, -0.2) is 7.11 Å². The van der Waals surface area contributed by atoms with Crippen molar-refractivity contribution in [2.45, 2.75) is 19.6 Å². The highest BCUT2D eigenvalue weighted by Crippen LogP contribution is 2.33. The number of nitrogens with two attached hydrogens (primary N) is 1. The van der Waals surface area contributed by atoms with Crippen LogP contribution in [0.4, 0.5) is 13.2 Å². The van der Waals surface area contributed by atoms with Gasteiger partial charge < -0.3 is 10.5 Å². The minimum Gasteiger partial charge on any atom is -0.496 e. The molecular weight excluding hydrogens is 315 g/mol. The van der Waals surface area contributed by atoms with Gasteiger partial charge in [0.1, 0.15) is 5.75 Å². The molecule has 0 radical (unpaired) electrons. The van der Waals surface area contributed by atoms with Crippen molar-refractivity contribution in [1.29, 1.82) is 0 Å². The van der Waals surface area contributed by atoms with Gasteiger partial charge in [0, 0.05) is 12.1 Å². The molecule has 0 heterocycles. The van der Waals surface area contributed by atoms with Crippen LogP contribution in [0.5, 0.6) is 5.75 Å². The summed E-state index contributed by atoms with van der Waals surface area (Å²) in [5.74, 6) is 0.716. The molecule has 6 heteroatoms. The molecule has 0 aliphatic carbocycles. The molecule has 0 saturated heterocycles. The van der Waals surface area contributed by atoms with E-state index in [4.69, 9.17) is 10.5 Å². The van der Waals surface area contributed by atoms with Crippen LogP contribution in [0.25, 0.3) is 11.1 Å². The number of halogens is 4. The number of hydrogen-bond acceptors (Lipinski definition) is 2. The lowest BCUT2D eigenvalue weighted by Crippen LogP contribution is -2.04. The number of ether oxygens (including phenoxy) is 1. The first-order chi connectivity index (χ1) is 9.86. The molecule has 0 unspecified atom stereocenters. The first-order valence-electron chi connectivity index (χ1n) is 6.42. The average Bonchev–Trinajstić information content (AvgIpc) is 2.45. The van der Waals surface area contributed by atoms with E-state index >= 15 is 0 Å². The monoisotopic (exact) mass is 331 g/mol. The summed E-state index contributed by atoms with van der Waals surface area (Å²) in [6, 6.07) is 8.80. The van der Waals surface area contributed by atoms with E-state index in [9.17, 15) is 13.2 Å². The van der Waals surface area contributed by atoms with Crippen LogP contribution in [0.15, 0.2) is 36.4 Å². The summed E-state index contributed by atoms with van der Waals surface area (Å²) in [6.45, 7) is 2.18. The van der Waals surface area contributed by atoms with Gasteiger partial charge in [0.15, 0.2) is 0 Å². The molecule has 120 valence electrons. The van der Waals surface area contributed by atoms with Crippen molar-refractivity contribution < 1.29 is 17.9 Å². The summed E-state index contributed by atoms with van der Waals surface area (Å²) in [5, 5.41) is 0. The second-order valence-electron chi connectivity index (χ2n) is 4.76. The van der Waals surface area contributed by atoms with E-state index in [1.165, 1.54) is 12.1 Å². The quantitative estimate of drug-likeness (QED) is 0.894. The maximum absolute atomic E-state index is 12.6. The van der Waals surface area contributed by atoms with Gasteiger partial charge in [0.2, 0.25) is 0 Å². The summed E-state index contributed by atoms with van der Waals surface area (Å²) in [7, 11) is 1.57. The highest BCUT2D eigenvalue weighted by atomic mass is 35.5. The molecule has 0 saturated carbocycles. The van der Waals surface area contributed by atoms with Crippen molar-refractivity contribution in [2.75, 3.05) is 7.11 Å². The number of hydrogen-bond donors (Lipinski definition) is 1. The predicted molar refractivity (Wildman–Crippen MR) is 83.3 cm³/mol. The normalized spacial score (nSPS) is 11.0. The van der Waals surface area contributed by atoms with E-state index in [1.54, 1.807) is 7.11 Å². The van der Waals surface area contributed by atoms with Crippen molar-refractivity contribution in [1.82, 2.24) is 0 Å². The molecular formula is C16H17ClF3NO. The van der Waals surface area contributed by atoms with Crippen LogP contribution < -0.4 is 10.5 Å². The highest BCUT2D eigenvalue weighted by Gasteiger charge is 2.29. The van der Waals surface area contributed by atoms with Crippen LogP contribution in [0, 0.1) is 6.92 Å². The SMILES string of the molecule is COc1c(C)cc(-c2ccc(C(F)(F)F)cc2)cc1CN.Cl. The number of benzene rings is 2. The van der Waals surface area contributed by atoms with Gasteiger partial charge in [-0.1, -0.05) is 12.1 Å². The molecule has 2 aromatic rings. The molecule has 2 rings (SSSR count). The molecule has 2 nitrogen and oxygen atoms in total. The number of alkyl halides is 3. The van der Waals surface area contributed by atoms with Crippen LogP contribution in [-0.2, 0) is 12.7 Å². The molecule has 0 aromatic heterocycles. The van der Waals surface area contributed by atoms with Crippen molar-refractivity contribution in [3.63, 3.8) is 0 Å². The van der Waals surface area contributed by atoms with Gasteiger partial charge in [-0.2, -0.15) is 13.2 Å². The standard InChI is InChI=1S/C16H16F3NO.ClH/c1-10-7-12(8-13(9-20)15(10)21-2)11-3-5-14(6-4-11)16(17,18)19;/h3-8H,9,20H2,1-2H3;1H. The average molecular weight is 332 g/mol. The lowest BCUT2D eigenvalue weighted by atomic mass is 9.98. The van der Waals surface area contributed by atoms with Gasteiger partial charge in [-0.3, -0.25) is 0 Å². The Morgan fingerprint density at radius 1 is 1.05 bits per heavy atom. The Balaban J connectivity index is 0.00000242. The largest absolute Gasteiger partial charge is 0.496 e. The van der Waals surface area contributed by atoms with Crippen LogP contribution in [0.3, 0.4) is 0 Å². The summed E-state index contributed by atoms with van der Waals surface area (Å²) in [6.07, 6.45) is -4.32. The zero-order chi connectivity index (χ0) is 15.6. The van der Waals surface area contributed by atoms with Gasteiger partial charge in [0.25, 0.3) is 0 Å². The molecule has 2 aromatic carbocycles. The van der Waals surface area contributed by atoms with Gasteiger partial charge >= 0.3 is 6.18 Å². The van der Waals surface area contributed by atoms with Gasteiger partial charge in [-0.05, 0) is 47.9 Å². The second-order valence-corrected chi connectivity index (χ2v) is 4.76. The van der Waals surface area contributed by atoms with E-state index in [0.717, 1.165) is 28.8 Å². The fourth-order valence-electron chi connectivity index (χ4n) is 2.31. The van der Waals surface area contributed by atoms with E-state index in [-0.39, 0.29) is 12.4 Å². The number of rotatable bonds is 3. The molecule has 0 amide bonds. The number of methoxy groups -OCH3 is 1. The van der Waals surface area contributed by atoms with Gasteiger partial charge in [-0.15, -0.1) is 12.4 Å². The van der Waals surface area contributed by atoms with Crippen molar-refractivity contribution in [3.05, 3.63) is 53.1 Å². The van der Waals surface area contributed by atoms with Crippen molar-refractivity contribution in [3.8, 4) is 16.9 Å². The van der Waals surface area contributed by atoms with E-state index in [1.807, 2.05) is 19.1 Å². The highest BCUT2D eigenvalue weighted by molar-refractivity contribution is 5.85. The minimum absolute atomic E-state index is 0. The fourth-order valence-corrected chi connectivity index (χ4v) is 2.31. The molecule has 22 heavy (non-hydrogen) atoms. The third-order valence-corrected chi connectivity index (χ3v) is 3.32. The third kappa shape index (κ3) is 3.72. The topological polar surface area (TPSA) is 35.2 Å². The summed E-state index contributed by atoms with van der Waals surface area (Å²) >= 11 is 0. The van der Waals surface area contributed by atoms with Crippen LogP contribution in [0.2, 0.25) is 0 Å². The summed E-state index contributed by atoms with van der Waals surface area (Å²) in [5.41, 5.74) is 8.30. The maximum atomic E-state index is 12.6. The first kappa shape index (κ1) is 18.3. The van der Waals surface area contributed by atoms with Crippen LogP contribution >= 0.6 is 12.4 Å². The van der Waals surface area contributed by atoms with E-state index in [2.05, 4.69) is 0 Å². The lowest BCUT2D eigenvalue weighted by molar-refractivity contribution is -0.137. The zero-order valence-corrected chi connectivity index (χ0v) is 13.0. The van der Waals surface area contributed by atoms with Crippen molar-refractivity contribution >= 4 is 12.4 Å². The Morgan fingerprint density at radius 2 is 1.64 bits per heavy atom. The Kier molecular flexibility index (Phi) is 5.85. The molecule has 0 bridgehead atoms.